The van der Waals surface area contributed by atoms with Crippen LogP contribution in [0.3, 0.4) is 0 Å². The van der Waals surface area contributed by atoms with Gasteiger partial charge < -0.3 is 14.7 Å². The Kier molecular flexibility index (Phi) is 9.22. The second-order valence-corrected chi connectivity index (χ2v) is 13.0. The van der Waals surface area contributed by atoms with E-state index in [0.29, 0.717) is 29.6 Å². The van der Waals surface area contributed by atoms with Crippen molar-refractivity contribution in [3.05, 3.63) is 94.8 Å². The van der Waals surface area contributed by atoms with Crippen molar-refractivity contribution in [1.29, 1.82) is 0 Å². The van der Waals surface area contributed by atoms with Crippen LogP contribution in [-0.2, 0) is 19.5 Å². The number of amides is 1. The molecule has 1 N–H and O–H groups in total. The van der Waals surface area contributed by atoms with Crippen LogP contribution in [0.15, 0.2) is 66.7 Å². The topological polar surface area (TPSA) is 35.6 Å². The molecular weight excluding hydrogens is 511 g/mol. The Hall–Kier alpha value is -3.06. The van der Waals surface area contributed by atoms with Gasteiger partial charge in [0.1, 0.15) is 5.82 Å². The van der Waals surface area contributed by atoms with Crippen LogP contribution >= 0.6 is 0 Å². The standard InChI is InChI=1S/C35H45FN4O/c1-26-24-39(16-15-38(26)2)25-30-8-6-9-31(21-30)33-22-29(11-12-34(33)36)23-37-35(41)32-10-5-7-28(20-32)19-27-13-17-40(3,4)18-14-27/h5-12,20-22,26-27H,13-19,23-25H2,1-4H3/p+1/t26-/m0/s1. The SMILES string of the molecule is C[C@H]1CN(Cc2cccc(-c3cc(CNC(=O)c4cccc(CC5CC[N+](C)(C)CC5)c4)ccc3F)c2)CCN1C. The van der Waals surface area contributed by atoms with E-state index in [1.54, 1.807) is 6.07 Å². The van der Waals surface area contributed by atoms with Crippen LogP contribution in [0, 0.1) is 11.7 Å². The lowest BCUT2D eigenvalue weighted by Gasteiger charge is -2.37. The third-order valence-corrected chi connectivity index (χ3v) is 9.17. The van der Waals surface area contributed by atoms with Crippen molar-refractivity contribution in [1.82, 2.24) is 15.1 Å². The molecule has 5 nitrogen and oxygen atoms in total. The molecule has 1 atom stereocenters. The molecule has 3 aromatic carbocycles. The minimum atomic E-state index is -0.247. The normalized spacial score (nSPS) is 20.2. The monoisotopic (exact) mass is 557 g/mol. The fraction of sp³-hybridized carbons (Fsp3) is 0.457. The molecule has 0 aliphatic carbocycles. The van der Waals surface area contributed by atoms with E-state index in [2.05, 4.69) is 61.4 Å². The van der Waals surface area contributed by atoms with Gasteiger partial charge in [-0.2, -0.15) is 0 Å². The minimum Gasteiger partial charge on any atom is -0.348 e. The number of hydrogen-bond donors (Lipinski definition) is 1. The van der Waals surface area contributed by atoms with E-state index >= 15 is 0 Å². The van der Waals surface area contributed by atoms with E-state index in [-0.39, 0.29) is 11.7 Å². The molecule has 0 unspecified atom stereocenters. The van der Waals surface area contributed by atoms with Gasteiger partial charge in [-0.15, -0.1) is 0 Å². The zero-order valence-electron chi connectivity index (χ0n) is 25.2. The average Bonchev–Trinajstić information content (AvgIpc) is 2.96. The Bertz CT molecular complexity index is 1350. The van der Waals surface area contributed by atoms with Gasteiger partial charge in [0.2, 0.25) is 0 Å². The molecule has 2 fully saturated rings. The number of benzene rings is 3. The minimum absolute atomic E-state index is 0.0948. The van der Waals surface area contributed by atoms with Crippen molar-refractivity contribution in [2.24, 2.45) is 5.92 Å². The summed E-state index contributed by atoms with van der Waals surface area (Å²) in [6.07, 6.45) is 3.48. The van der Waals surface area contributed by atoms with Crippen LogP contribution in [0.5, 0.6) is 0 Å². The second-order valence-electron chi connectivity index (χ2n) is 13.0. The van der Waals surface area contributed by atoms with E-state index in [1.807, 2.05) is 36.4 Å². The first-order valence-electron chi connectivity index (χ1n) is 15.1. The van der Waals surface area contributed by atoms with Crippen molar-refractivity contribution in [2.45, 2.75) is 45.3 Å². The van der Waals surface area contributed by atoms with E-state index < -0.39 is 0 Å². The zero-order valence-corrected chi connectivity index (χ0v) is 25.2. The van der Waals surface area contributed by atoms with Crippen LogP contribution in [0.25, 0.3) is 11.1 Å². The molecule has 41 heavy (non-hydrogen) atoms. The lowest BCUT2D eigenvalue weighted by molar-refractivity contribution is -0.896. The van der Waals surface area contributed by atoms with Gasteiger partial charge in [0.25, 0.3) is 5.91 Å². The van der Waals surface area contributed by atoms with E-state index in [4.69, 9.17) is 0 Å². The van der Waals surface area contributed by atoms with Crippen LogP contribution < -0.4 is 5.32 Å². The van der Waals surface area contributed by atoms with Gasteiger partial charge in [-0.25, -0.2) is 4.39 Å². The molecule has 0 radical (unpaired) electrons. The Morgan fingerprint density at radius 1 is 0.951 bits per heavy atom. The van der Waals surface area contributed by atoms with Crippen molar-refractivity contribution in [2.75, 3.05) is 53.9 Å². The summed E-state index contributed by atoms with van der Waals surface area (Å²) in [5, 5.41) is 3.05. The maximum Gasteiger partial charge on any atom is 0.251 e. The first-order chi connectivity index (χ1) is 19.6. The molecule has 218 valence electrons. The summed E-state index contributed by atoms with van der Waals surface area (Å²) < 4.78 is 16.1. The van der Waals surface area contributed by atoms with Gasteiger partial charge in [0.15, 0.2) is 0 Å². The number of piperazine rings is 1. The molecule has 0 spiro atoms. The summed E-state index contributed by atoms with van der Waals surface area (Å²) in [6, 6.07) is 21.9. The Morgan fingerprint density at radius 2 is 1.71 bits per heavy atom. The Balaban J connectivity index is 1.20. The Labute approximate surface area is 245 Å². The molecule has 3 aromatic rings. The fourth-order valence-corrected chi connectivity index (χ4v) is 6.25. The number of hydrogen-bond acceptors (Lipinski definition) is 3. The van der Waals surface area contributed by atoms with Gasteiger partial charge in [0, 0.05) is 49.9 Å². The third kappa shape index (κ3) is 7.82. The second kappa shape index (κ2) is 12.8. The Morgan fingerprint density at radius 3 is 2.49 bits per heavy atom. The van der Waals surface area contributed by atoms with Crippen molar-refractivity contribution in [3.63, 3.8) is 0 Å². The number of likely N-dealkylation sites (tertiary alicyclic amines) is 1. The molecule has 2 aliphatic heterocycles. The number of likely N-dealkylation sites (N-methyl/N-ethyl adjacent to an activating group) is 1. The van der Waals surface area contributed by atoms with Gasteiger partial charge in [-0.3, -0.25) is 9.69 Å². The highest BCUT2D eigenvalue weighted by Crippen LogP contribution is 2.27. The maximum absolute atomic E-state index is 15.0. The van der Waals surface area contributed by atoms with E-state index in [0.717, 1.165) is 48.2 Å². The van der Waals surface area contributed by atoms with Gasteiger partial charge in [-0.05, 0) is 91.7 Å². The van der Waals surface area contributed by atoms with Crippen molar-refractivity contribution < 1.29 is 13.7 Å². The first-order valence-corrected chi connectivity index (χ1v) is 15.1. The summed E-state index contributed by atoms with van der Waals surface area (Å²) in [6.45, 7) is 9.03. The van der Waals surface area contributed by atoms with Gasteiger partial charge >= 0.3 is 0 Å². The number of carbonyl (C=O) groups is 1. The number of carbonyl (C=O) groups excluding carboxylic acids is 1. The highest BCUT2D eigenvalue weighted by Gasteiger charge is 2.26. The number of quaternary nitrogens is 1. The molecule has 0 saturated carbocycles. The number of halogens is 1. The number of nitrogens with one attached hydrogen (secondary N) is 1. The molecule has 5 rings (SSSR count). The quantitative estimate of drug-likeness (QED) is 0.367. The summed E-state index contributed by atoms with van der Waals surface area (Å²) in [5.41, 5.74) is 5.42. The molecule has 0 aromatic heterocycles. The molecule has 2 saturated heterocycles. The van der Waals surface area contributed by atoms with Crippen LogP contribution in [0.1, 0.15) is 46.8 Å². The average molecular weight is 558 g/mol. The van der Waals surface area contributed by atoms with Crippen LogP contribution in [0.4, 0.5) is 4.39 Å². The van der Waals surface area contributed by atoms with Crippen molar-refractivity contribution >= 4 is 5.91 Å². The fourth-order valence-electron chi connectivity index (χ4n) is 6.25. The number of piperidine rings is 1. The predicted molar refractivity (Wildman–Crippen MR) is 165 cm³/mol. The predicted octanol–water partition coefficient (Wildman–Crippen LogP) is 5.59. The lowest BCUT2D eigenvalue weighted by atomic mass is 9.89. The largest absolute Gasteiger partial charge is 0.348 e. The molecule has 0 bridgehead atoms. The molecule has 1 amide bonds. The highest BCUT2D eigenvalue weighted by molar-refractivity contribution is 5.94. The van der Waals surface area contributed by atoms with E-state index in [9.17, 15) is 9.18 Å². The lowest BCUT2D eigenvalue weighted by Crippen LogP contribution is -2.49. The molecular formula is C35H46FN4O+. The number of rotatable bonds is 8. The number of nitrogens with zero attached hydrogens (tertiary/aromatic N) is 3. The van der Waals surface area contributed by atoms with Gasteiger partial charge in [0.05, 0.1) is 27.2 Å². The molecule has 2 heterocycles. The summed E-state index contributed by atoms with van der Waals surface area (Å²) in [7, 11) is 6.78. The summed E-state index contributed by atoms with van der Waals surface area (Å²) in [4.78, 5) is 17.9. The maximum atomic E-state index is 15.0. The summed E-state index contributed by atoms with van der Waals surface area (Å²) in [5.74, 6) is 0.339. The van der Waals surface area contributed by atoms with Gasteiger partial charge in [-0.1, -0.05) is 36.4 Å². The van der Waals surface area contributed by atoms with Crippen molar-refractivity contribution in [3.8, 4) is 11.1 Å². The van der Waals surface area contributed by atoms with E-state index in [1.165, 1.54) is 43.1 Å². The molecule has 2 aliphatic rings. The van der Waals surface area contributed by atoms with Crippen LogP contribution in [-0.4, -0.2) is 80.1 Å². The summed E-state index contributed by atoms with van der Waals surface area (Å²) >= 11 is 0. The molecule has 6 heteroatoms. The first kappa shape index (κ1) is 29.4. The smallest absolute Gasteiger partial charge is 0.251 e. The van der Waals surface area contributed by atoms with Crippen LogP contribution in [0.2, 0.25) is 0 Å². The highest BCUT2D eigenvalue weighted by atomic mass is 19.1. The third-order valence-electron chi connectivity index (χ3n) is 9.17. The zero-order chi connectivity index (χ0) is 29.0.